The topological polar surface area (TPSA) is 81.4 Å². The van der Waals surface area contributed by atoms with E-state index < -0.39 is 6.04 Å². The molecule has 0 aromatic heterocycles. The molecule has 1 amide bonds. The summed E-state index contributed by atoms with van der Waals surface area (Å²) in [6.45, 7) is 0. The van der Waals surface area contributed by atoms with E-state index in [9.17, 15) is 9.59 Å². The van der Waals surface area contributed by atoms with E-state index in [4.69, 9.17) is 5.73 Å². The van der Waals surface area contributed by atoms with Gasteiger partial charge in [0.2, 0.25) is 5.91 Å². The molecule has 1 unspecified atom stereocenters. The van der Waals surface area contributed by atoms with Crippen LogP contribution in [0.4, 0.5) is 0 Å². The molecule has 6 heteroatoms. The number of nitrogens with two attached hydrogens (primary N) is 1. The molecule has 5 nitrogen and oxygen atoms in total. The third kappa shape index (κ3) is 7.14. The third-order valence-corrected chi connectivity index (χ3v) is 4.54. The molecule has 0 spiro atoms. The molecule has 0 saturated heterocycles. The summed E-state index contributed by atoms with van der Waals surface area (Å²) in [6, 6.07) is -0.169. The van der Waals surface area contributed by atoms with Gasteiger partial charge in [-0.05, 0) is 25.0 Å². The number of amides is 1. The van der Waals surface area contributed by atoms with Crippen LogP contribution in [0.25, 0.3) is 0 Å². The van der Waals surface area contributed by atoms with Gasteiger partial charge in [-0.25, -0.2) is 0 Å². The van der Waals surface area contributed by atoms with Crippen LogP contribution in [0.15, 0.2) is 0 Å². The van der Waals surface area contributed by atoms with Crippen LogP contribution in [-0.4, -0.2) is 42.6 Å². The number of esters is 1. The number of methoxy groups -OCH3 is 1. The molecule has 1 aliphatic carbocycles. The van der Waals surface area contributed by atoms with Crippen LogP contribution in [0.2, 0.25) is 0 Å². The van der Waals surface area contributed by atoms with Crippen molar-refractivity contribution < 1.29 is 14.3 Å². The average Bonchev–Trinajstić information content (AvgIpc) is 2.46. The fraction of sp³-hybridized carbons (Fsp3) is 0.857. The largest absolute Gasteiger partial charge is 0.468 e. The minimum absolute atomic E-state index is 0.140. The maximum Gasteiger partial charge on any atom is 0.322 e. The highest BCUT2D eigenvalue weighted by molar-refractivity contribution is 7.99. The van der Waals surface area contributed by atoms with Gasteiger partial charge in [0, 0.05) is 18.2 Å². The predicted octanol–water partition coefficient (Wildman–Crippen LogP) is 1.45. The molecule has 20 heavy (non-hydrogen) atoms. The lowest BCUT2D eigenvalue weighted by atomic mass is 9.95. The van der Waals surface area contributed by atoms with Gasteiger partial charge in [-0.15, -0.1) is 0 Å². The summed E-state index contributed by atoms with van der Waals surface area (Å²) in [7, 11) is 1.34. The molecule has 116 valence electrons. The van der Waals surface area contributed by atoms with E-state index in [0.29, 0.717) is 18.9 Å². The summed E-state index contributed by atoms with van der Waals surface area (Å²) in [5.74, 6) is 1.31. The highest BCUT2D eigenvalue weighted by Gasteiger charge is 2.16. The van der Waals surface area contributed by atoms with Crippen LogP contribution in [0.1, 0.15) is 44.9 Å². The second-order valence-electron chi connectivity index (χ2n) is 5.18. The van der Waals surface area contributed by atoms with Crippen molar-refractivity contribution in [2.24, 2.45) is 5.73 Å². The molecular weight excluding hydrogens is 276 g/mol. The van der Waals surface area contributed by atoms with Crippen molar-refractivity contribution in [2.45, 2.75) is 57.0 Å². The fourth-order valence-electron chi connectivity index (χ4n) is 2.29. The van der Waals surface area contributed by atoms with E-state index in [2.05, 4.69) is 10.1 Å². The number of ether oxygens (including phenoxy) is 1. The van der Waals surface area contributed by atoms with E-state index in [1.165, 1.54) is 26.4 Å². The molecular formula is C14H26N2O3S. The van der Waals surface area contributed by atoms with Crippen molar-refractivity contribution >= 4 is 23.6 Å². The Labute approximate surface area is 125 Å². The first-order chi connectivity index (χ1) is 9.63. The van der Waals surface area contributed by atoms with Gasteiger partial charge >= 0.3 is 5.97 Å². The lowest BCUT2D eigenvalue weighted by Gasteiger charge is -2.22. The highest BCUT2D eigenvalue weighted by Crippen LogP contribution is 2.17. The minimum Gasteiger partial charge on any atom is -0.468 e. The van der Waals surface area contributed by atoms with Crippen LogP contribution in [0.5, 0.6) is 0 Å². The Balaban J connectivity index is 2.00. The maximum atomic E-state index is 11.7. The molecule has 0 radical (unpaired) electrons. The quantitative estimate of drug-likeness (QED) is 0.524. The predicted molar refractivity (Wildman–Crippen MR) is 81.6 cm³/mol. The van der Waals surface area contributed by atoms with Crippen LogP contribution >= 0.6 is 11.8 Å². The number of rotatable bonds is 8. The molecule has 1 rings (SSSR count). The first-order valence-electron chi connectivity index (χ1n) is 7.34. The summed E-state index contributed by atoms with van der Waals surface area (Å²) < 4.78 is 4.55. The van der Waals surface area contributed by atoms with Crippen LogP contribution < -0.4 is 11.1 Å². The monoisotopic (exact) mass is 302 g/mol. The zero-order valence-corrected chi connectivity index (χ0v) is 13.0. The summed E-state index contributed by atoms with van der Waals surface area (Å²) in [5, 5.41) is 3.09. The summed E-state index contributed by atoms with van der Waals surface area (Å²) in [6.07, 6.45) is 7.11. The zero-order chi connectivity index (χ0) is 14.8. The average molecular weight is 302 g/mol. The normalized spacial score (nSPS) is 17.5. The SMILES string of the molecule is COC(=O)C(N)CCSCCC(=O)NC1CCCCC1. The first kappa shape index (κ1) is 17.3. The van der Waals surface area contributed by atoms with Crippen molar-refractivity contribution in [3.05, 3.63) is 0 Å². The van der Waals surface area contributed by atoms with E-state index in [-0.39, 0.29) is 11.9 Å². The number of carbonyl (C=O) groups is 2. The molecule has 0 bridgehead atoms. The van der Waals surface area contributed by atoms with E-state index in [1.54, 1.807) is 11.8 Å². The summed E-state index contributed by atoms with van der Waals surface area (Å²) >= 11 is 1.65. The van der Waals surface area contributed by atoms with Gasteiger partial charge < -0.3 is 15.8 Å². The number of hydrogen-bond donors (Lipinski definition) is 2. The van der Waals surface area contributed by atoms with Gasteiger partial charge in [-0.1, -0.05) is 19.3 Å². The Morgan fingerprint density at radius 1 is 1.30 bits per heavy atom. The van der Waals surface area contributed by atoms with Gasteiger partial charge in [0.25, 0.3) is 0 Å². The fourth-order valence-corrected chi connectivity index (χ4v) is 3.25. The smallest absolute Gasteiger partial charge is 0.322 e. The molecule has 1 saturated carbocycles. The molecule has 0 aliphatic heterocycles. The molecule has 1 aliphatic rings. The number of carbonyl (C=O) groups excluding carboxylic acids is 2. The Hall–Kier alpha value is -0.750. The highest BCUT2D eigenvalue weighted by atomic mass is 32.2. The molecule has 0 aromatic rings. The van der Waals surface area contributed by atoms with Crippen molar-refractivity contribution in [1.82, 2.24) is 5.32 Å². The van der Waals surface area contributed by atoms with Gasteiger partial charge in [-0.2, -0.15) is 11.8 Å². The van der Waals surface area contributed by atoms with Crippen LogP contribution in [0, 0.1) is 0 Å². The maximum absolute atomic E-state index is 11.7. The number of hydrogen-bond acceptors (Lipinski definition) is 5. The molecule has 1 fully saturated rings. The summed E-state index contributed by atoms with van der Waals surface area (Å²) in [4.78, 5) is 22.8. The van der Waals surface area contributed by atoms with Gasteiger partial charge in [0.1, 0.15) is 6.04 Å². The Kier molecular flexibility index (Phi) is 8.69. The second-order valence-corrected chi connectivity index (χ2v) is 6.41. The third-order valence-electron chi connectivity index (χ3n) is 3.52. The van der Waals surface area contributed by atoms with Gasteiger partial charge in [-0.3, -0.25) is 9.59 Å². The standard InChI is InChI=1S/C14H26N2O3S/c1-19-14(18)12(15)7-9-20-10-8-13(17)16-11-5-3-2-4-6-11/h11-12H,2-10,15H2,1H3,(H,16,17). The van der Waals surface area contributed by atoms with Crippen LogP contribution in [-0.2, 0) is 14.3 Å². The van der Waals surface area contributed by atoms with E-state index in [1.807, 2.05) is 0 Å². The van der Waals surface area contributed by atoms with Crippen molar-refractivity contribution in [1.29, 1.82) is 0 Å². The Bertz CT molecular complexity index is 307. The van der Waals surface area contributed by atoms with Crippen molar-refractivity contribution in [2.75, 3.05) is 18.6 Å². The lowest BCUT2D eigenvalue weighted by Crippen LogP contribution is -2.36. The van der Waals surface area contributed by atoms with Crippen molar-refractivity contribution in [3.63, 3.8) is 0 Å². The first-order valence-corrected chi connectivity index (χ1v) is 8.49. The van der Waals surface area contributed by atoms with Gasteiger partial charge in [0.05, 0.1) is 7.11 Å². The van der Waals surface area contributed by atoms with Crippen LogP contribution in [0.3, 0.4) is 0 Å². The Morgan fingerprint density at radius 3 is 2.65 bits per heavy atom. The second kappa shape index (κ2) is 10.0. The number of thioether (sulfide) groups is 1. The minimum atomic E-state index is -0.552. The molecule has 0 aromatic carbocycles. The van der Waals surface area contributed by atoms with Gasteiger partial charge in [0.15, 0.2) is 0 Å². The number of nitrogens with one attached hydrogen (secondary N) is 1. The lowest BCUT2D eigenvalue weighted by molar-refractivity contribution is -0.142. The van der Waals surface area contributed by atoms with E-state index in [0.717, 1.165) is 24.3 Å². The molecule has 0 heterocycles. The zero-order valence-electron chi connectivity index (χ0n) is 12.2. The summed E-state index contributed by atoms with van der Waals surface area (Å²) in [5.41, 5.74) is 5.63. The molecule has 3 N–H and O–H groups in total. The molecule has 1 atom stereocenters. The van der Waals surface area contributed by atoms with Crippen molar-refractivity contribution in [3.8, 4) is 0 Å². The van der Waals surface area contributed by atoms with E-state index >= 15 is 0 Å². The Morgan fingerprint density at radius 2 is 2.00 bits per heavy atom.